The zero-order valence-corrected chi connectivity index (χ0v) is 10.5. The standard InChI is InChI=1S/C13H16N4O/c1-17(13-12(14)7-15-9-16-13)8-10-3-5-11(18-2)6-4-10/h3-7,9H,8,14H2,1-2H3. The molecule has 0 saturated heterocycles. The van der Waals surface area contributed by atoms with E-state index >= 15 is 0 Å². The van der Waals surface area contributed by atoms with E-state index in [1.165, 1.54) is 6.33 Å². The Kier molecular flexibility index (Phi) is 3.62. The van der Waals surface area contributed by atoms with E-state index in [2.05, 4.69) is 9.97 Å². The van der Waals surface area contributed by atoms with Gasteiger partial charge in [0.2, 0.25) is 0 Å². The lowest BCUT2D eigenvalue weighted by atomic mass is 10.2. The Bertz CT molecular complexity index is 513. The van der Waals surface area contributed by atoms with Crippen LogP contribution in [-0.2, 0) is 6.54 Å². The summed E-state index contributed by atoms with van der Waals surface area (Å²) in [6.07, 6.45) is 3.10. The first-order chi connectivity index (χ1) is 8.70. The van der Waals surface area contributed by atoms with Gasteiger partial charge in [-0.25, -0.2) is 9.97 Å². The Morgan fingerprint density at radius 3 is 2.61 bits per heavy atom. The average Bonchev–Trinajstić information content (AvgIpc) is 2.40. The second-order valence-electron chi connectivity index (χ2n) is 4.01. The van der Waals surface area contributed by atoms with Crippen LogP contribution >= 0.6 is 0 Å². The number of benzene rings is 1. The quantitative estimate of drug-likeness (QED) is 0.886. The number of methoxy groups -OCH3 is 1. The molecule has 94 valence electrons. The molecule has 5 nitrogen and oxygen atoms in total. The van der Waals surface area contributed by atoms with Gasteiger partial charge in [0.05, 0.1) is 19.0 Å². The van der Waals surface area contributed by atoms with Gasteiger partial charge in [0.25, 0.3) is 0 Å². The molecule has 18 heavy (non-hydrogen) atoms. The van der Waals surface area contributed by atoms with Crippen LogP contribution in [0, 0.1) is 0 Å². The molecule has 2 N–H and O–H groups in total. The number of nitrogen functional groups attached to an aromatic ring is 1. The fourth-order valence-electron chi connectivity index (χ4n) is 1.73. The Hall–Kier alpha value is -2.30. The third kappa shape index (κ3) is 2.68. The van der Waals surface area contributed by atoms with Gasteiger partial charge in [-0.05, 0) is 17.7 Å². The van der Waals surface area contributed by atoms with Crippen molar-refractivity contribution in [2.75, 3.05) is 24.8 Å². The molecule has 1 heterocycles. The fraction of sp³-hybridized carbons (Fsp3) is 0.231. The van der Waals surface area contributed by atoms with Crippen LogP contribution in [-0.4, -0.2) is 24.1 Å². The minimum absolute atomic E-state index is 0.577. The van der Waals surface area contributed by atoms with Crippen molar-refractivity contribution in [2.45, 2.75) is 6.54 Å². The predicted molar refractivity (Wildman–Crippen MR) is 71.5 cm³/mol. The second kappa shape index (κ2) is 5.35. The first-order valence-electron chi connectivity index (χ1n) is 5.60. The lowest BCUT2D eigenvalue weighted by molar-refractivity contribution is 0.414. The largest absolute Gasteiger partial charge is 0.497 e. The highest BCUT2D eigenvalue weighted by atomic mass is 16.5. The molecule has 0 aliphatic carbocycles. The van der Waals surface area contributed by atoms with E-state index < -0.39 is 0 Å². The van der Waals surface area contributed by atoms with Crippen LogP contribution in [0.5, 0.6) is 5.75 Å². The zero-order valence-electron chi connectivity index (χ0n) is 10.5. The highest BCUT2D eigenvalue weighted by Gasteiger charge is 2.07. The first-order valence-corrected chi connectivity index (χ1v) is 5.60. The monoisotopic (exact) mass is 244 g/mol. The van der Waals surface area contributed by atoms with Gasteiger partial charge < -0.3 is 15.4 Å². The highest BCUT2D eigenvalue weighted by Crippen LogP contribution is 2.19. The van der Waals surface area contributed by atoms with E-state index in [9.17, 15) is 0 Å². The molecule has 1 aromatic heterocycles. The molecule has 0 radical (unpaired) electrons. The van der Waals surface area contributed by atoms with E-state index in [0.29, 0.717) is 5.69 Å². The van der Waals surface area contributed by atoms with Crippen molar-refractivity contribution in [3.05, 3.63) is 42.4 Å². The topological polar surface area (TPSA) is 64.3 Å². The molecule has 1 aromatic carbocycles. The van der Waals surface area contributed by atoms with Crippen molar-refractivity contribution >= 4 is 11.5 Å². The summed E-state index contributed by atoms with van der Waals surface area (Å²) in [5.74, 6) is 1.59. The van der Waals surface area contributed by atoms with Crippen molar-refractivity contribution in [3.8, 4) is 5.75 Å². The Morgan fingerprint density at radius 1 is 1.28 bits per heavy atom. The van der Waals surface area contributed by atoms with Crippen molar-refractivity contribution in [3.63, 3.8) is 0 Å². The smallest absolute Gasteiger partial charge is 0.155 e. The van der Waals surface area contributed by atoms with Crippen LogP contribution in [0.2, 0.25) is 0 Å². The van der Waals surface area contributed by atoms with Gasteiger partial charge in [-0.1, -0.05) is 12.1 Å². The summed E-state index contributed by atoms with van der Waals surface area (Å²) in [6, 6.07) is 7.92. The van der Waals surface area contributed by atoms with Gasteiger partial charge >= 0.3 is 0 Å². The van der Waals surface area contributed by atoms with Crippen LogP contribution < -0.4 is 15.4 Å². The Balaban J connectivity index is 2.11. The van der Waals surface area contributed by atoms with Crippen LogP contribution in [0.3, 0.4) is 0 Å². The molecule has 0 unspecified atom stereocenters. The number of hydrogen-bond acceptors (Lipinski definition) is 5. The van der Waals surface area contributed by atoms with E-state index in [1.54, 1.807) is 13.3 Å². The highest BCUT2D eigenvalue weighted by molar-refractivity contribution is 5.60. The molecule has 0 aliphatic rings. The molecule has 0 fully saturated rings. The normalized spacial score (nSPS) is 10.1. The minimum atomic E-state index is 0.577. The summed E-state index contributed by atoms with van der Waals surface area (Å²) in [6.45, 7) is 0.727. The lowest BCUT2D eigenvalue weighted by Gasteiger charge is -2.19. The summed E-state index contributed by atoms with van der Waals surface area (Å²) in [7, 11) is 3.60. The summed E-state index contributed by atoms with van der Waals surface area (Å²) in [5, 5.41) is 0. The van der Waals surface area contributed by atoms with Crippen molar-refractivity contribution in [1.82, 2.24) is 9.97 Å². The van der Waals surface area contributed by atoms with Gasteiger partial charge in [-0.2, -0.15) is 0 Å². The molecule has 0 amide bonds. The molecule has 0 aliphatic heterocycles. The minimum Gasteiger partial charge on any atom is -0.497 e. The second-order valence-corrected chi connectivity index (χ2v) is 4.01. The third-order valence-corrected chi connectivity index (χ3v) is 2.66. The number of nitrogens with two attached hydrogens (primary N) is 1. The summed E-state index contributed by atoms with van der Waals surface area (Å²) in [4.78, 5) is 10.0. The number of nitrogens with zero attached hydrogens (tertiary/aromatic N) is 3. The van der Waals surface area contributed by atoms with Gasteiger partial charge in [0, 0.05) is 13.6 Å². The van der Waals surface area contributed by atoms with Crippen LogP contribution in [0.4, 0.5) is 11.5 Å². The SMILES string of the molecule is COc1ccc(CN(C)c2ncncc2N)cc1. The molecule has 0 spiro atoms. The molecule has 2 rings (SSSR count). The molecule has 2 aromatic rings. The third-order valence-electron chi connectivity index (χ3n) is 2.66. The summed E-state index contributed by atoms with van der Waals surface area (Å²) >= 11 is 0. The van der Waals surface area contributed by atoms with E-state index in [-0.39, 0.29) is 0 Å². The number of rotatable bonds is 4. The van der Waals surface area contributed by atoms with Crippen molar-refractivity contribution in [1.29, 1.82) is 0 Å². The number of aromatic nitrogens is 2. The fourth-order valence-corrected chi connectivity index (χ4v) is 1.73. The number of anilines is 2. The Labute approximate surface area is 106 Å². The van der Waals surface area contributed by atoms with E-state index in [1.807, 2.05) is 36.2 Å². The lowest BCUT2D eigenvalue weighted by Crippen LogP contribution is -2.19. The first kappa shape index (κ1) is 12.2. The van der Waals surface area contributed by atoms with Crippen molar-refractivity contribution < 1.29 is 4.74 Å². The molecule has 0 atom stereocenters. The van der Waals surface area contributed by atoms with Gasteiger partial charge in [-0.15, -0.1) is 0 Å². The predicted octanol–water partition coefficient (Wildman–Crippen LogP) is 1.70. The maximum atomic E-state index is 5.83. The maximum Gasteiger partial charge on any atom is 0.155 e. The zero-order chi connectivity index (χ0) is 13.0. The van der Waals surface area contributed by atoms with Gasteiger partial charge in [0.1, 0.15) is 12.1 Å². The summed E-state index contributed by atoms with van der Waals surface area (Å²) < 4.78 is 5.12. The van der Waals surface area contributed by atoms with Gasteiger partial charge in [0.15, 0.2) is 5.82 Å². The molecule has 0 saturated carbocycles. The maximum absolute atomic E-state index is 5.83. The van der Waals surface area contributed by atoms with E-state index in [4.69, 9.17) is 10.5 Å². The van der Waals surface area contributed by atoms with E-state index in [0.717, 1.165) is 23.7 Å². The Morgan fingerprint density at radius 2 is 2.00 bits per heavy atom. The molecular weight excluding hydrogens is 228 g/mol. The average molecular weight is 244 g/mol. The van der Waals surface area contributed by atoms with Crippen LogP contribution in [0.1, 0.15) is 5.56 Å². The van der Waals surface area contributed by atoms with Crippen LogP contribution in [0.25, 0.3) is 0 Å². The van der Waals surface area contributed by atoms with Crippen molar-refractivity contribution in [2.24, 2.45) is 0 Å². The summed E-state index contributed by atoms with van der Waals surface area (Å²) in [5.41, 5.74) is 7.57. The molecular formula is C13H16N4O. The molecule has 5 heteroatoms. The van der Waals surface area contributed by atoms with Gasteiger partial charge in [-0.3, -0.25) is 0 Å². The van der Waals surface area contributed by atoms with Crippen LogP contribution in [0.15, 0.2) is 36.8 Å². The number of ether oxygens (including phenoxy) is 1. The number of hydrogen-bond donors (Lipinski definition) is 1. The molecule has 0 bridgehead atoms.